The molecule has 2 aliphatic heterocycles. The number of amides is 4. The molecule has 3 fully saturated rings. The third-order valence-corrected chi connectivity index (χ3v) is 9.90. The first-order chi connectivity index (χ1) is 19.2. The number of piperidine rings is 1. The van der Waals surface area contributed by atoms with Crippen molar-refractivity contribution >= 4 is 47.0 Å². The average Bonchev–Trinajstić information content (AvgIpc) is 3.73. The number of hydrogen-bond donors (Lipinski definition) is 2. The van der Waals surface area contributed by atoms with E-state index in [1.165, 1.54) is 9.80 Å². The van der Waals surface area contributed by atoms with Gasteiger partial charge < -0.3 is 15.3 Å². The minimum Gasteiger partial charge on any atom is -0.481 e. The SMILES string of the molecule is CN1C(=O)N(C(CC2NC(=O)C(C)(CC(=O)O)CC2c2cccc(Cl)c2)(c2ccc(Cl)cc2)C2CC2)C(=O)C1(C)C. The number of carbonyl (C=O) groups excluding carboxylic acids is 3. The van der Waals surface area contributed by atoms with Crippen LogP contribution in [0.1, 0.15) is 69.9 Å². The number of imide groups is 1. The number of carboxylic acids is 1. The Morgan fingerprint density at radius 2 is 1.71 bits per heavy atom. The Labute approximate surface area is 250 Å². The molecule has 0 aromatic heterocycles. The number of nitrogens with one attached hydrogen (secondary N) is 1. The van der Waals surface area contributed by atoms with Crippen LogP contribution in [0, 0.1) is 11.3 Å². The molecule has 0 radical (unpaired) electrons. The number of halogens is 2. The van der Waals surface area contributed by atoms with Gasteiger partial charge in [-0.15, -0.1) is 0 Å². The Morgan fingerprint density at radius 1 is 1.05 bits per heavy atom. The van der Waals surface area contributed by atoms with Crippen LogP contribution in [-0.4, -0.2) is 57.3 Å². The maximum atomic E-state index is 14.1. The van der Waals surface area contributed by atoms with Crippen molar-refractivity contribution in [2.45, 2.75) is 75.9 Å². The largest absolute Gasteiger partial charge is 0.481 e. The van der Waals surface area contributed by atoms with Crippen molar-refractivity contribution in [1.29, 1.82) is 0 Å². The van der Waals surface area contributed by atoms with Gasteiger partial charge in [-0.25, -0.2) is 4.79 Å². The number of urea groups is 1. The summed E-state index contributed by atoms with van der Waals surface area (Å²) in [5, 5.41) is 13.8. The summed E-state index contributed by atoms with van der Waals surface area (Å²) in [6, 6.07) is 13.7. The van der Waals surface area contributed by atoms with Crippen molar-refractivity contribution in [2.75, 3.05) is 7.05 Å². The van der Waals surface area contributed by atoms with Gasteiger partial charge in [0.15, 0.2) is 0 Å². The van der Waals surface area contributed by atoms with Gasteiger partial charge in [0, 0.05) is 29.1 Å². The quantitative estimate of drug-likeness (QED) is 0.372. The Hall–Kier alpha value is -3.10. The Morgan fingerprint density at radius 3 is 2.24 bits per heavy atom. The standard InChI is InChI=1S/C31H35Cl2N3O5/c1-29(2)27(40)36(28(41)35(29)4)31(19-8-9-19,20-10-12-21(32)13-11-20)16-24-23(18-6-5-7-22(33)14-18)15-30(3,17-25(37)38)26(39)34-24/h5-7,10-14,19,23-24H,8-9,15-17H2,1-4H3,(H,34,39)(H,37,38). The maximum Gasteiger partial charge on any atom is 0.328 e. The number of benzene rings is 2. The predicted molar refractivity (Wildman–Crippen MR) is 156 cm³/mol. The summed E-state index contributed by atoms with van der Waals surface area (Å²) in [7, 11) is 1.63. The zero-order valence-corrected chi connectivity index (χ0v) is 25.1. The summed E-state index contributed by atoms with van der Waals surface area (Å²) in [4.78, 5) is 56.2. The number of rotatable bonds is 8. The Bertz CT molecular complexity index is 1410. The van der Waals surface area contributed by atoms with Gasteiger partial charge in [-0.1, -0.05) is 54.4 Å². The van der Waals surface area contributed by atoms with Gasteiger partial charge in [-0.05, 0) is 80.8 Å². The highest BCUT2D eigenvalue weighted by Gasteiger charge is 2.63. The van der Waals surface area contributed by atoms with Crippen LogP contribution in [0.3, 0.4) is 0 Å². The Balaban J connectivity index is 1.67. The highest BCUT2D eigenvalue weighted by molar-refractivity contribution is 6.30. The van der Waals surface area contributed by atoms with Gasteiger partial charge in [0.25, 0.3) is 5.91 Å². The topological polar surface area (TPSA) is 107 Å². The van der Waals surface area contributed by atoms with Crippen molar-refractivity contribution in [3.8, 4) is 0 Å². The fourth-order valence-corrected chi connectivity index (χ4v) is 7.06. The van der Waals surface area contributed by atoms with Gasteiger partial charge in [-0.3, -0.25) is 19.3 Å². The number of carboxylic acid groups (broad SMARTS) is 1. The van der Waals surface area contributed by atoms with Crippen LogP contribution >= 0.6 is 23.2 Å². The molecule has 2 saturated heterocycles. The van der Waals surface area contributed by atoms with Crippen molar-refractivity contribution in [3.05, 3.63) is 69.7 Å². The minimum absolute atomic E-state index is 0.0249. The smallest absolute Gasteiger partial charge is 0.328 e. The molecule has 0 bridgehead atoms. The highest BCUT2D eigenvalue weighted by atomic mass is 35.5. The van der Waals surface area contributed by atoms with E-state index >= 15 is 0 Å². The Kier molecular flexibility index (Phi) is 7.40. The molecule has 8 nitrogen and oxygen atoms in total. The molecule has 4 atom stereocenters. The summed E-state index contributed by atoms with van der Waals surface area (Å²) in [5.74, 6) is -2.06. The molecule has 10 heteroatoms. The van der Waals surface area contributed by atoms with Crippen molar-refractivity contribution in [1.82, 2.24) is 15.1 Å². The lowest BCUT2D eigenvalue weighted by atomic mass is 9.66. The number of likely N-dealkylation sites (N-methyl/N-ethyl adjacent to an activating group) is 1. The van der Waals surface area contributed by atoms with E-state index in [0.717, 1.165) is 24.0 Å². The first-order valence-electron chi connectivity index (χ1n) is 13.9. The number of nitrogens with zero attached hydrogens (tertiary/aromatic N) is 2. The molecule has 3 aliphatic rings. The van der Waals surface area contributed by atoms with E-state index < -0.39 is 28.5 Å². The third-order valence-electron chi connectivity index (χ3n) is 9.41. The normalized spacial score (nSPS) is 27.5. The van der Waals surface area contributed by atoms with Crippen LogP contribution in [0.15, 0.2) is 48.5 Å². The maximum absolute atomic E-state index is 14.1. The molecule has 4 unspecified atom stereocenters. The van der Waals surface area contributed by atoms with Gasteiger partial charge in [-0.2, -0.15) is 0 Å². The molecule has 1 saturated carbocycles. The van der Waals surface area contributed by atoms with Crippen LogP contribution in [0.2, 0.25) is 10.0 Å². The summed E-state index contributed by atoms with van der Waals surface area (Å²) >= 11 is 12.7. The number of aliphatic carboxylic acids is 1. The molecule has 1 aliphatic carbocycles. The van der Waals surface area contributed by atoms with Crippen LogP contribution in [0.5, 0.6) is 0 Å². The molecule has 0 spiro atoms. The zero-order chi connectivity index (χ0) is 29.9. The van der Waals surface area contributed by atoms with Crippen LogP contribution in [0.25, 0.3) is 0 Å². The molecule has 4 amide bonds. The summed E-state index contributed by atoms with van der Waals surface area (Å²) in [6.45, 7) is 5.14. The van der Waals surface area contributed by atoms with E-state index in [0.29, 0.717) is 10.0 Å². The molecular weight excluding hydrogens is 565 g/mol. The second kappa shape index (κ2) is 10.3. The van der Waals surface area contributed by atoms with Crippen LogP contribution in [-0.2, 0) is 19.9 Å². The molecule has 41 heavy (non-hydrogen) atoms. The summed E-state index contributed by atoms with van der Waals surface area (Å²) < 4.78 is 0. The van der Waals surface area contributed by atoms with Crippen molar-refractivity contribution < 1.29 is 24.3 Å². The fourth-order valence-electron chi connectivity index (χ4n) is 6.73. The molecule has 2 aromatic carbocycles. The first kappa shape index (κ1) is 29.4. The van der Waals surface area contributed by atoms with E-state index in [9.17, 15) is 24.3 Å². The number of hydrogen-bond acceptors (Lipinski definition) is 4. The second-order valence-electron chi connectivity index (χ2n) is 12.5. The van der Waals surface area contributed by atoms with Gasteiger partial charge in [0.1, 0.15) is 5.54 Å². The molecule has 2 aromatic rings. The number of carbonyl (C=O) groups is 4. The summed E-state index contributed by atoms with van der Waals surface area (Å²) in [5.41, 5.74) is -1.63. The average molecular weight is 601 g/mol. The lowest BCUT2D eigenvalue weighted by Crippen LogP contribution is -2.60. The van der Waals surface area contributed by atoms with Gasteiger partial charge in [0.2, 0.25) is 5.91 Å². The van der Waals surface area contributed by atoms with Crippen molar-refractivity contribution in [3.63, 3.8) is 0 Å². The van der Waals surface area contributed by atoms with E-state index in [2.05, 4.69) is 5.32 Å². The predicted octanol–water partition coefficient (Wildman–Crippen LogP) is 5.81. The summed E-state index contributed by atoms with van der Waals surface area (Å²) in [6.07, 6.45) is 1.82. The van der Waals surface area contributed by atoms with E-state index in [-0.39, 0.29) is 48.9 Å². The molecular formula is C31H35Cl2N3O5. The van der Waals surface area contributed by atoms with E-state index in [1.807, 2.05) is 30.3 Å². The molecule has 2 heterocycles. The monoisotopic (exact) mass is 599 g/mol. The van der Waals surface area contributed by atoms with Gasteiger partial charge >= 0.3 is 12.0 Å². The minimum atomic E-state index is -1.15. The van der Waals surface area contributed by atoms with Crippen LogP contribution < -0.4 is 5.32 Å². The van der Waals surface area contributed by atoms with Gasteiger partial charge in [0.05, 0.1) is 17.4 Å². The second-order valence-corrected chi connectivity index (χ2v) is 13.4. The van der Waals surface area contributed by atoms with E-state index in [4.69, 9.17) is 23.2 Å². The van der Waals surface area contributed by atoms with E-state index in [1.54, 1.807) is 46.0 Å². The molecule has 218 valence electrons. The van der Waals surface area contributed by atoms with Crippen LogP contribution in [0.4, 0.5) is 4.79 Å². The lowest BCUT2D eigenvalue weighted by molar-refractivity contribution is -0.148. The fraction of sp³-hybridized carbons (Fsp3) is 0.484. The third kappa shape index (κ3) is 4.99. The molecule has 2 N–H and O–H groups in total. The van der Waals surface area contributed by atoms with Crippen molar-refractivity contribution in [2.24, 2.45) is 11.3 Å². The molecule has 5 rings (SSSR count). The highest BCUT2D eigenvalue weighted by Crippen LogP contribution is 2.56. The zero-order valence-electron chi connectivity index (χ0n) is 23.6. The lowest BCUT2D eigenvalue weighted by Gasteiger charge is -2.48. The first-order valence-corrected chi connectivity index (χ1v) is 14.6.